The third kappa shape index (κ3) is 5.78. The highest BCUT2D eigenvalue weighted by Gasteiger charge is 2.18. The first-order valence-electron chi connectivity index (χ1n) is 6.19. The van der Waals surface area contributed by atoms with Crippen molar-refractivity contribution in [3.05, 3.63) is 0 Å². The van der Waals surface area contributed by atoms with Crippen LogP contribution in [0.4, 0.5) is 0 Å². The van der Waals surface area contributed by atoms with Crippen LogP contribution in [0.25, 0.3) is 0 Å². The van der Waals surface area contributed by atoms with Crippen molar-refractivity contribution in [1.82, 2.24) is 5.32 Å². The van der Waals surface area contributed by atoms with Crippen molar-refractivity contribution in [1.29, 1.82) is 0 Å². The van der Waals surface area contributed by atoms with Crippen LogP contribution >= 0.6 is 0 Å². The van der Waals surface area contributed by atoms with Crippen LogP contribution in [0.2, 0.25) is 0 Å². The van der Waals surface area contributed by atoms with Crippen LogP contribution in [-0.4, -0.2) is 18.5 Å². The van der Waals surface area contributed by atoms with Gasteiger partial charge in [0.15, 0.2) is 0 Å². The van der Waals surface area contributed by atoms with E-state index >= 15 is 0 Å². The molecule has 0 rings (SSSR count). The predicted molar refractivity (Wildman–Crippen MR) is 64.6 cm³/mol. The van der Waals surface area contributed by atoms with Crippen LogP contribution in [0.5, 0.6) is 0 Å². The molecule has 0 fully saturated rings. The molecule has 0 saturated heterocycles. The van der Waals surface area contributed by atoms with E-state index in [1.54, 1.807) is 0 Å². The minimum Gasteiger partial charge on any atom is -0.353 e. The lowest BCUT2D eigenvalue weighted by molar-refractivity contribution is -0.125. The predicted octanol–water partition coefficient (Wildman–Crippen LogP) is 2.06. The Morgan fingerprint density at radius 2 is 1.80 bits per heavy atom. The van der Waals surface area contributed by atoms with Crippen molar-refractivity contribution in [2.75, 3.05) is 6.54 Å². The van der Waals surface area contributed by atoms with E-state index in [9.17, 15) is 4.79 Å². The third-order valence-electron chi connectivity index (χ3n) is 2.77. The average Bonchev–Trinajstić information content (AvgIpc) is 2.24. The van der Waals surface area contributed by atoms with Gasteiger partial charge in [-0.25, -0.2) is 0 Å². The zero-order chi connectivity index (χ0) is 11.7. The van der Waals surface area contributed by atoms with Crippen LogP contribution in [-0.2, 0) is 4.79 Å². The largest absolute Gasteiger partial charge is 0.353 e. The Morgan fingerprint density at radius 1 is 1.20 bits per heavy atom. The third-order valence-corrected chi connectivity index (χ3v) is 2.77. The second kappa shape index (κ2) is 8.72. The highest BCUT2D eigenvalue weighted by molar-refractivity contribution is 5.79. The minimum atomic E-state index is 0.000839. The summed E-state index contributed by atoms with van der Waals surface area (Å²) in [7, 11) is 0. The van der Waals surface area contributed by atoms with Crippen molar-refractivity contribution < 1.29 is 4.79 Å². The summed E-state index contributed by atoms with van der Waals surface area (Å²) >= 11 is 0. The Balaban J connectivity index is 4.05. The first-order valence-corrected chi connectivity index (χ1v) is 6.19. The van der Waals surface area contributed by atoms with Crippen LogP contribution < -0.4 is 11.1 Å². The van der Waals surface area contributed by atoms with E-state index in [1.165, 1.54) is 0 Å². The molecule has 0 aliphatic heterocycles. The molecule has 0 heterocycles. The van der Waals surface area contributed by atoms with Crippen molar-refractivity contribution in [3.63, 3.8) is 0 Å². The van der Waals surface area contributed by atoms with E-state index in [0.29, 0.717) is 12.6 Å². The van der Waals surface area contributed by atoms with Crippen molar-refractivity contribution in [3.8, 4) is 0 Å². The summed E-state index contributed by atoms with van der Waals surface area (Å²) < 4.78 is 0. The van der Waals surface area contributed by atoms with Gasteiger partial charge >= 0.3 is 0 Å². The molecule has 0 aliphatic rings. The summed E-state index contributed by atoms with van der Waals surface area (Å²) in [5.74, 6) is 0.139. The lowest BCUT2D eigenvalue weighted by atomic mass is 10.0. The van der Waals surface area contributed by atoms with E-state index < -0.39 is 0 Å². The fourth-order valence-corrected chi connectivity index (χ4v) is 1.75. The van der Waals surface area contributed by atoms with Gasteiger partial charge in [0.1, 0.15) is 0 Å². The van der Waals surface area contributed by atoms with Gasteiger partial charge < -0.3 is 11.1 Å². The van der Waals surface area contributed by atoms with Crippen LogP contribution in [0.15, 0.2) is 0 Å². The Hall–Kier alpha value is -0.570. The summed E-state index contributed by atoms with van der Waals surface area (Å²) in [6, 6.07) is 0.327. The Bertz CT molecular complexity index is 171. The highest BCUT2D eigenvalue weighted by atomic mass is 16.1. The molecule has 0 radical (unpaired) electrons. The lowest BCUT2D eigenvalue weighted by Crippen LogP contribution is -2.41. The van der Waals surface area contributed by atoms with Crippen LogP contribution in [0.3, 0.4) is 0 Å². The van der Waals surface area contributed by atoms with Gasteiger partial charge in [-0.3, -0.25) is 4.79 Å². The molecule has 1 amide bonds. The van der Waals surface area contributed by atoms with Gasteiger partial charge in [0.05, 0.1) is 5.92 Å². The van der Waals surface area contributed by atoms with Gasteiger partial charge in [-0.2, -0.15) is 0 Å². The topological polar surface area (TPSA) is 55.1 Å². The summed E-state index contributed by atoms with van der Waals surface area (Å²) in [4.78, 5) is 11.8. The van der Waals surface area contributed by atoms with E-state index in [0.717, 1.165) is 32.1 Å². The molecule has 3 N–H and O–H groups in total. The molecule has 15 heavy (non-hydrogen) atoms. The van der Waals surface area contributed by atoms with Gasteiger partial charge in [-0.05, 0) is 19.3 Å². The average molecular weight is 214 g/mol. The van der Waals surface area contributed by atoms with E-state index in [4.69, 9.17) is 5.73 Å². The van der Waals surface area contributed by atoms with Gasteiger partial charge in [-0.1, -0.05) is 33.6 Å². The molecule has 2 unspecified atom stereocenters. The quantitative estimate of drug-likeness (QED) is 0.650. The number of nitrogens with two attached hydrogens (primary N) is 1. The standard InChI is InChI=1S/C12H26N2O/c1-4-7-10(9-13)12(15)14-11(6-3)8-5-2/h10-11H,4-9,13H2,1-3H3,(H,14,15). The Kier molecular flexibility index (Phi) is 8.38. The van der Waals surface area contributed by atoms with Gasteiger partial charge in [0.2, 0.25) is 5.91 Å². The summed E-state index contributed by atoms with van der Waals surface area (Å²) in [6.45, 7) is 6.79. The van der Waals surface area contributed by atoms with E-state index in [2.05, 4.69) is 26.1 Å². The Labute approximate surface area is 93.8 Å². The van der Waals surface area contributed by atoms with Gasteiger partial charge in [0, 0.05) is 12.6 Å². The molecule has 3 nitrogen and oxygen atoms in total. The van der Waals surface area contributed by atoms with Crippen molar-refractivity contribution in [2.45, 2.75) is 58.9 Å². The first kappa shape index (κ1) is 14.4. The summed E-state index contributed by atoms with van der Waals surface area (Å²) in [6.07, 6.45) is 5.08. The number of nitrogens with one attached hydrogen (secondary N) is 1. The number of hydrogen-bond donors (Lipinski definition) is 2. The zero-order valence-electron chi connectivity index (χ0n) is 10.4. The SMILES string of the molecule is CCCC(CC)NC(=O)C(CN)CCC. The maximum atomic E-state index is 11.8. The van der Waals surface area contributed by atoms with E-state index in [-0.39, 0.29) is 11.8 Å². The molecular weight excluding hydrogens is 188 g/mol. The number of carbonyl (C=O) groups is 1. The highest BCUT2D eigenvalue weighted by Crippen LogP contribution is 2.07. The maximum absolute atomic E-state index is 11.8. The maximum Gasteiger partial charge on any atom is 0.224 e. The van der Waals surface area contributed by atoms with Gasteiger partial charge in [-0.15, -0.1) is 0 Å². The van der Waals surface area contributed by atoms with Crippen LogP contribution in [0, 0.1) is 5.92 Å². The Morgan fingerprint density at radius 3 is 2.20 bits per heavy atom. The number of hydrogen-bond acceptors (Lipinski definition) is 2. The number of rotatable bonds is 8. The molecule has 0 aromatic heterocycles. The smallest absolute Gasteiger partial charge is 0.224 e. The normalized spacial score (nSPS) is 14.7. The first-order chi connectivity index (χ1) is 7.19. The molecule has 0 aliphatic carbocycles. The minimum absolute atomic E-state index is 0.000839. The second-order valence-corrected chi connectivity index (χ2v) is 4.12. The molecule has 0 spiro atoms. The van der Waals surface area contributed by atoms with Crippen LogP contribution in [0.1, 0.15) is 52.9 Å². The van der Waals surface area contributed by atoms with E-state index in [1.807, 2.05) is 0 Å². The summed E-state index contributed by atoms with van der Waals surface area (Å²) in [5, 5.41) is 3.08. The molecule has 90 valence electrons. The zero-order valence-corrected chi connectivity index (χ0v) is 10.4. The molecule has 0 saturated carbocycles. The molecule has 0 bridgehead atoms. The molecule has 2 atom stereocenters. The molecule has 0 aromatic carbocycles. The molecular formula is C12H26N2O. The number of carbonyl (C=O) groups excluding carboxylic acids is 1. The summed E-state index contributed by atoms with van der Waals surface area (Å²) in [5.41, 5.74) is 5.59. The fraction of sp³-hybridized carbons (Fsp3) is 0.917. The molecule has 3 heteroatoms. The molecule has 0 aromatic rings. The second-order valence-electron chi connectivity index (χ2n) is 4.12. The van der Waals surface area contributed by atoms with Crippen molar-refractivity contribution >= 4 is 5.91 Å². The lowest BCUT2D eigenvalue weighted by Gasteiger charge is -2.20. The van der Waals surface area contributed by atoms with Gasteiger partial charge in [0.25, 0.3) is 0 Å². The fourth-order valence-electron chi connectivity index (χ4n) is 1.75. The van der Waals surface area contributed by atoms with Crippen molar-refractivity contribution in [2.24, 2.45) is 11.7 Å². The number of amides is 1. The monoisotopic (exact) mass is 214 g/mol.